The van der Waals surface area contributed by atoms with Gasteiger partial charge in [0.2, 0.25) is 0 Å². The highest BCUT2D eigenvalue weighted by Gasteiger charge is 2.45. The minimum Gasteiger partial charge on any atom is -0.398 e. The molecule has 0 spiro atoms. The summed E-state index contributed by atoms with van der Waals surface area (Å²) in [5, 5.41) is -0.202. The van der Waals surface area contributed by atoms with Gasteiger partial charge in [-0.05, 0) is 204 Å². The van der Waals surface area contributed by atoms with Crippen LogP contribution in [-0.4, -0.2) is 16.5 Å². The number of carbonyl (C=O) groups excluding carboxylic acids is 2. The van der Waals surface area contributed by atoms with Gasteiger partial charge in [0.1, 0.15) is 0 Å². The van der Waals surface area contributed by atoms with Gasteiger partial charge in [-0.3, -0.25) is 14.5 Å². The zero-order valence-corrected chi connectivity index (χ0v) is 47.7. The van der Waals surface area contributed by atoms with E-state index in [0.29, 0.717) is 60.1 Å². The summed E-state index contributed by atoms with van der Waals surface area (Å²) in [4.78, 5) is 41.7. The Balaban J connectivity index is 1.27. The van der Waals surface area contributed by atoms with E-state index in [1.807, 2.05) is 0 Å². The lowest BCUT2D eigenvalue weighted by Crippen LogP contribution is -2.20. The predicted octanol–water partition coefficient (Wildman–Crippen LogP) is 21.6. The summed E-state index contributed by atoms with van der Waals surface area (Å²) in [6.07, 6.45) is -40.4. The number of hydrogen-bond donors (Lipinski definition) is 1. The number of Topliss-reactive ketones (excluding diaryl/α,β-unsaturated/α-hetero) is 2. The molecule has 1 heterocycles. The number of ketones is 2. The molecule has 0 aliphatic heterocycles. The van der Waals surface area contributed by atoms with Crippen LogP contribution < -0.4 is 0 Å². The summed E-state index contributed by atoms with van der Waals surface area (Å²) in [5.41, 5.74) is -24.8. The molecule has 30 heteroatoms. The van der Waals surface area contributed by atoms with Crippen molar-refractivity contribution in [3.63, 3.8) is 0 Å². The summed E-state index contributed by atoms with van der Waals surface area (Å²) < 4.78 is 361. The standard InChI is InChI=1S/C64H37F24O5P/c65-57(66,67)35-9-29(10-36(23-35)58(68,69)70)45-19-33(20-46(53(45)89)30-11-37(59(71,72)73)24-38(12-30)60(74,75)76)49-17-27-5-1-3-7-43(27)51-52-44-8-4-2-6-28(44)18-50(56(52)93-94(91)92-55(49)51)34-21-47(31-13-39(61(77,78)79)25-40(14-31)62(80,81)82)54(90)48(22-34)32-15-41(63(83,84)85)26-42(16-32)64(86,87)88/h9-26,45,47,91H,1-8H2. The quantitative estimate of drug-likeness (QED) is 0.168. The first-order chi connectivity index (χ1) is 43.3. The zero-order chi connectivity index (χ0) is 68.7. The van der Waals surface area contributed by atoms with Crippen LogP contribution in [0, 0.1) is 0 Å². The SMILES string of the molecule is O=C1C(c2cc(C(F)(F)F)cc(C(F)(F)F)c2)=CC(c2cc3c(c4c2op(O)oc2c(C5=CC(c6cc(C(F)(F)F)cc(C(F)(F)F)c6)C(=O)C(c6cc(C(F)(F)F)cc(C(F)(F)F)c6)=C5)cc5c(c24)CCCC5)CCCC3)=CC1c1cc(C(F)(F)F)cc(C(F)(F)F)c1. The molecule has 6 aromatic carbocycles. The molecule has 1 aromatic heterocycles. The first-order valence-corrected chi connectivity index (χ1v) is 28.8. The van der Waals surface area contributed by atoms with Crippen LogP contribution in [0.1, 0.15) is 138 Å². The van der Waals surface area contributed by atoms with Crippen LogP contribution in [0.2, 0.25) is 0 Å². The van der Waals surface area contributed by atoms with Crippen LogP contribution in [-0.2, 0) is 84.7 Å². The van der Waals surface area contributed by atoms with E-state index >= 15 is 0 Å². The summed E-state index contributed by atoms with van der Waals surface area (Å²) in [6.45, 7) is 0. The van der Waals surface area contributed by atoms with Crippen LogP contribution in [0.25, 0.3) is 44.2 Å². The summed E-state index contributed by atoms with van der Waals surface area (Å²) in [7, 11) is -3.60. The number of rotatable bonds is 6. The number of hydrogen-bond acceptors (Lipinski definition) is 5. The van der Waals surface area contributed by atoms with Gasteiger partial charge >= 0.3 is 57.7 Å². The lowest BCUT2D eigenvalue weighted by atomic mass is 9.76. The molecule has 4 aliphatic rings. The molecule has 94 heavy (non-hydrogen) atoms. The summed E-state index contributed by atoms with van der Waals surface area (Å²) >= 11 is 0. The van der Waals surface area contributed by atoms with Gasteiger partial charge in [0.05, 0.1) is 56.3 Å². The molecule has 11 rings (SSSR count). The Morgan fingerprint density at radius 1 is 0.351 bits per heavy atom. The molecule has 1 N–H and O–H groups in total. The summed E-state index contributed by atoms with van der Waals surface area (Å²) in [6, 6.07) is 1.97. The minimum atomic E-state index is -5.60. The largest absolute Gasteiger partial charge is 0.416 e. The fourth-order valence-electron chi connectivity index (χ4n) is 12.3. The molecule has 7 aromatic rings. The lowest BCUT2D eigenvalue weighted by Gasteiger charge is -2.27. The molecular weight excluding hydrogens is 1340 g/mol. The van der Waals surface area contributed by atoms with Crippen molar-refractivity contribution in [2.45, 2.75) is 113 Å². The number of fused-ring (bicyclic) bond motifs is 7. The molecular formula is C64H37F24O5P. The van der Waals surface area contributed by atoms with Crippen LogP contribution in [0.15, 0.2) is 118 Å². The molecule has 4 aliphatic carbocycles. The fraction of sp³-hybridized carbons (Fsp3) is 0.281. The number of halogens is 24. The molecule has 496 valence electrons. The molecule has 2 unspecified atom stereocenters. The van der Waals surface area contributed by atoms with Crippen molar-refractivity contribution < 1.29 is 128 Å². The first-order valence-electron chi connectivity index (χ1n) is 27.7. The van der Waals surface area contributed by atoms with Gasteiger partial charge in [0, 0.05) is 33.0 Å². The maximum atomic E-state index is 14.8. The monoisotopic (exact) mass is 1370 g/mol. The summed E-state index contributed by atoms with van der Waals surface area (Å²) in [5.74, 6) is -8.15. The number of allylic oxidation sites excluding steroid dienone is 8. The van der Waals surface area contributed by atoms with Gasteiger partial charge in [-0.2, -0.15) is 105 Å². The third-order valence-electron chi connectivity index (χ3n) is 16.5. The Morgan fingerprint density at radius 2 is 0.606 bits per heavy atom. The van der Waals surface area contributed by atoms with Crippen molar-refractivity contribution in [1.82, 2.24) is 0 Å². The predicted molar refractivity (Wildman–Crippen MR) is 290 cm³/mol. The number of carbonyl (C=O) groups is 2. The van der Waals surface area contributed by atoms with Crippen molar-refractivity contribution >= 4 is 64.0 Å². The molecule has 0 saturated heterocycles. The van der Waals surface area contributed by atoms with Crippen molar-refractivity contribution in [2.24, 2.45) is 0 Å². The molecule has 0 radical (unpaired) electrons. The van der Waals surface area contributed by atoms with E-state index in [2.05, 4.69) is 0 Å². The highest BCUT2D eigenvalue weighted by molar-refractivity contribution is 7.30. The smallest absolute Gasteiger partial charge is 0.398 e. The van der Waals surface area contributed by atoms with Crippen molar-refractivity contribution in [2.75, 3.05) is 0 Å². The zero-order valence-electron chi connectivity index (χ0n) is 46.8. The highest BCUT2D eigenvalue weighted by Crippen LogP contribution is 2.52. The molecule has 0 saturated carbocycles. The minimum absolute atomic E-state index is 0.0523. The Hall–Kier alpha value is -8.20. The van der Waals surface area contributed by atoms with E-state index in [1.165, 1.54) is 12.1 Å². The van der Waals surface area contributed by atoms with E-state index in [1.54, 1.807) is 0 Å². The van der Waals surface area contributed by atoms with E-state index in [9.17, 15) is 120 Å². The van der Waals surface area contributed by atoms with Crippen LogP contribution in [0.4, 0.5) is 105 Å². The van der Waals surface area contributed by atoms with E-state index in [4.69, 9.17) is 8.39 Å². The molecule has 5 nitrogen and oxygen atoms in total. The van der Waals surface area contributed by atoms with E-state index in [-0.39, 0.29) is 109 Å². The third-order valence-corrected chi connectivity index (χ3v) is 17.2. The average molecular weight is 1370 g/mol. The number of benzene rings is 6. The highest BCUT2D eigenvalue weighted by atomic mass is 31.1. The Bertz CT molecular complexity index is 4090. The Kier molecular flexibility index (Phi) is 16.5. The van der Waals surface area contributed by atoms with E-state index in [0.717, 1.165) is 12.2 Å². The second-order valence-corrected chi connectivity index (χ2v) is 23.5. The van der Waals surface area contributed by atoms with Gasteiger partial charge in [-0.25, -0.2) is 0 Å². The molecule has 2 atom stereocenters. The average Bonchev–Trinajstić information content (AvgIpc) is 1.27. The topological polar surface area (TPSA) is 80.7 Å². The maximum Gasteiger partial charge on any atom is 0.416 e. The molecule has 0 amide bonds. The van der Waals surface area contributed by atoms with E-state index < -0.39 is 192 Å². The maximum absolute atomic E-state index is 14.8. The molecule has 0 fully saturated rings. The van der Waals surface area contributed by atoms with Gasteiger partial charge in [0.25, 0.3) is 0 Å². The van der Waals surface area contributed by atoms with Gasteiger partial charge < -0.3 is 8.39 Å². The Labute approximate surface area is 513 Å². The van der Waals surface area contributed by atoms with Crippen LogP contribution >= 0.6 is 8.24 Å². The number of alkyl halides is 24. The van der Waals surface area contributed by atoms with Crippen LogP contribution in [0.5, 0.6) is 0 Å². The van der Waals surface area contributed by atoms with Gasteiger partial charge in [-0.15, -0.1) is 0 Å². The first kappa shape index (κ1) is 67.2. The van der Waals surface area contributed by atoms with Crippen molar-refractivity contribution in [1.29, 1.82) is 0 Å². The number of aryl methyl sites for hydroxylation is 4. The normalized spacial score (nSPS) is 18.2. The second-order valence-electron chi connectivity index (χ2n) is 22.7. The van der Waals surface area contributed by atoms with Crippen molar-refractivity contribution in [3.05, 3.63) is 209 Å². The fourth-order valence-corrected chi connectivity index (χ4v) is 13.0. The van der Waals surface area contributed by atoms with Crippen molar-refractivity contribution in [3.8, 4) is 0 Å². The van der Waals surface area contributed by atoms with Gasteiger partial charge in [0.15, 0.2) is 22.7 Å². The van der Waals surface area contributed by atoms with Gasteiger partial charge in [-0.1, -0.05) is 12.2 Å². The third kappa shape index (κ3) is 13.1. The Morgan fingerprint density at radius 3 is 0.872 bits per heavy atom. The molecule has 0 bridgehead atoms. The lowest BCUT2D eigenvalue weighted by molar-refractivity contribution is -0.144. The van der Waals surface area contributed by atoms with Crippen LogP contribution in [0.3, 0.4) is 0 Å². The second kappa shape index (κ2) is 23.0.